The van der Waals surface area contributed by atoms with Gasteiger partial charge in [0.2, 0.25) is 0 Å². The van der Waals surface area contributed by atoms with E-state index in [1.165, 1.54) is 24.0 Å². The molecule has 50 heavy (non-hydrogen) atoms. The van der Waals surface area contributed by atoms with Crippen molar-refractivity contribution in [1.82, 2.24) is 15.1 Å². The van der Waals surface area contributed by atoms with Gasteiger partial charge in [-0.3, -0.25) is 9.59 Å². The number of carbonyl (C=O) groups is 2. The van der Waals surface area contributed by atoms with E-state index in [0.717, 1.165) is 17.7 Å². The molecule has 1 aromatic heterocycles. The van der Waals surface area contributed by atoms with Gasteiger partial charge < -0.3 is 34.1 Å². The van der Waals surface area contributed by atoms with E-state index >= 15 is 0 Å². The molecule has 0 aliphatic carbocycles. The largest absolute Gasteiger partial charge is 0.489 e. The third-order valence-corrected chi connectivity index (χ3v) is 7.60. The first-order chi connectivity index (χ1) is 24.2. The number of aryl methyl sites for hydroxylation is 1. The number of hydrogen-bond acceptors (Lipinski definition) is 9. The van der Waals surface area contributed by atoms with Crippen LogP contribution in [0.5, 0.6) is 5.75 Å². The zero-order valence-electron chi connectivity index (χ0n) is 27.5. The van der Waals surface area contributed by atoms with E-state index in [4.69, 9.17) is 35.3 Å². The first-order valence-corrected chi connectivity index (χ1v) is 16.2. The number of carboxylic acids is 1. The highest BCUT2D eigenvalue weighted by Gasteiger charge is 2.23. The minimum Gasteiger partial charge on any atom is -0.489 e. The summed E-state index contributed by atoms with van der Waals surface area (Å²) < 4.78 is 42.8. The zero-order chi connectivity index (χ0) is 35.7. The Hall–Kier alpha value is -4.66. The quantitative estimate of drug-likeness (QED) is 0.120. The number of amides is 1. The van der Waals surface area contributed by atoms with Crippen LogP contribution in [-0.4, -0.2) is 85.7 Å². The van der Waals surface area contributed by atoms with Crippen molar-refractivity contribution in [2.24, 2.45) is 7.05 Å². The Kier molecular flexibility index (Phi) is 15.3. The van der Waals surface area contributed by atoms with E-state index in [9.17, 15) is 23.9 Å². The molecule has 14 heteroatoms. The van der Waals surface area contributed by atoms with Gasteiger partial charge >= 0.3 is 5.97 Å². The minimum absolute atomic E-state index is 0.0101. The van der Waals surface area contributed by atoms with Crippen LogP contribution in [0.3, 0.4) is 0 Å². The van der Waals surface area contributed by atoms with Crippen LogP contribution in [0.15, 0.2) is 83.8 Å². The molecule has 0 radical (unpaired) electrons. The van der Waals surface area contributed by atoms with Crippen LogP contribution in [0.1, 0.15) is 21.5 Å². The molecular weight excluding hydrogens is 673 g/mol. The molecule has 0 saturated heterocycles. The highest BCUT2D eigenvalue weighted by molar-refractivity contribution is 6.33. The molecule has 266 valence electrons. The number of hydrogen-bond donors (Lipinski definition) is 2. The van der Waals surface area contributed by atoms with Gasteiger partial charge in [-0.2, -0.15) is 5.10 Å². The fourth-order valence-corrected chi connectivity index (χ4v) is 4.89. The molecule has 1 heterocycles. The number of aliphatic carboxylic acids is 1. The van der Waals surface area contributed by atoms with E-state index in [2.05, 4.69) is 10.4 Å². The summed E-state index contributed by atoms with van der Waals surface area (Å²) in [4.78, 5) is 37.6. The standard InChI is InChI=1S/C36H39ClFN3O9/c1-41-35(43)33(27-9-7-25(8-10-27)21-31(36(44)45)40-34(42)29-22-28(38)11-12-30(29)37)32(23-39-41)50-20-19-48-16-15-46-13-14-47-17-18-49-24-26-5-3-2-4-6-26/h2-12,22-23,31H,13-21,24H2,1H3,(H,40,42)(H,44,45)/t31-/m0/s1. The van der Waals surface area contributed by atoms with Crippen LogP contribution in [0, 0.1) is 5.82 Å². The van der Waals surface area contributed by atoms with Gasteiger partial charge in [0.15, 0.2) is 5.75 Å². The maximum atomic E-state index is 13.6. The van der Waals surface area contributed by atoms with E-state index in [1.54, 1.807) is 24.3 Å². The predicted molar refractivity (Wildman–Crippen MR) is 183 cm³/mol. The van der Waals surface area contributed by atoms with Crippen molar-refractivity contribution >= 4 is 23.5 Å². The number of rotatable bonds is 21. The maximum absolute atomic E-state index is 13.6. The summed E-state index contributed by atoms with van der Waals surface area (Å²) in [6.45, 7) is 3.52. The Labute approximate surface area is 293 Å². The van der Waals surface area contributed by atoms with Gasteiger partial charge in [0.25, 0.3) is 11.5 Å². The third kappa shape index (κ3) is 12.0. The molecule has 1 atom stereocenters. The lowest BCUT2D eigenvalue weighted by Gasteiger charge is -2.16. The number of benzene rings is 3. The van der Waals surface area contributed by atoms with E-state index in [0.29, 0.717) is 57.4 Å². The molecule has 1 amide bonds. The van der Waals surface area contributed by atoms with Gasteiger partial charge in [0.1, 0.15) is 18.5 Å². The van der Waals surface area contributed by atoms with Crippen LogP contribution >= 0.6 is 11.6 Å². The SMILES string of the molecule is Cn1ncc(OCCOCCOCCOCCOCc2ccccc2)c(-c2ccc(C[C@H](NC(=O)c3cc(F)ccc3Cl)C(=O)O)cc2)c1=O. The van der Waals surface area contributed by atoms with Crippen LogP contribution in [0.4, 0.5) is 4.39 Å². The lowest BCUT2D eigenvalue weighted by atomic mass is 10.0. The molecule has 0 fully saturated rings. The fourth-order valence-electron chi connectivity index (χ4n) is 4.68. The summed E-state index contributed by atoms with van der Waals surface area (Å²) in [6.07, 6.45) is 1.36. The average Bonchev–Trinajstić information content (AvgIpc) is 3.11. The normalized spacial score (nSPS) is 11.7. The molecule has 3 aromatic carbocycles. The third-order valence-electron chi connectivity index (χ3n) is 7.27. The van der Waals surface area contributed by atoms with Crippen molar-refractivity contribution in [3.8, 4) is 16.9 Å². The molecule has 0 aliphatic rings. The van der Waals surface area contributed by atoms with E-state index < -0.39 is 29.3 Å². The number of aromatic nitrogens is 2. The molecular formula is C36H39ClFN3O9. The number of halogens is 2. The second-order valence-corrected chi connectivity index (χ2v) is 11.3. The second kappa shape index (κ2) is 20.1. The highest BCUT2D eigenvalue weighted by Crippen LogP contribution is 2.26. The first kappa shape index (κ1) is 38.1. The van der Waals surface area contributed by atoms with Gasteiger partial charge in [0.05, 0.1) is 75.2 Å². The number of carboxylic acid groups (broad SMARTS) is 1. The first-order valence-electron chi connectivity index (χ1n) is 15.8. The fraction of sp³-hybridized carbons (Fsp3) is 0.333. The molecule has 0 saturated carbocycles. The Morgan fingerprint density at radius 3 is 2.12 bits per heavy atom. The van der Waals surface area contributed by atoms with E-state index in [-0.39, 0.29) is 41.5 Å². The van der Waals surface area contributed by atoms with Gasteiger partial charge in [0, 0.05) is 13.5 Å². The van der Waals surface area contributed by atoms with Gasteiger partial charge in [-0.15, -0.1) is 0 Å². The lowest BCUT2D eigenvalue weighted by Crippen LogP contribution is -2.42. The van der Waals surface area contributed by atoms with E-state index in [1.807, 2.05) is 30.3 Å². The summed E-state index contributed by atoms with van der Waals surface area (Å²) in [5.74, 6) is -2.53. The predicted octanol–water partition coefficient (Wildman–Crippen LogP) is 4.31. The summed E-state index contributed by atoms with van der Waals surface area (Å²) in [7, 11) is 1.52. The molecule has 0 aliphatic heterocycles. The van der Waals surface area contributed by atoms with Crippen LogP contribution in [-0.2, 0) is 43.8 Å². The molecule has 12 nitrogen and oxygen atoms in total. The Balaban J connectivity index is 1.18. The molecule has 0 unspecified atom stereocenters. The molecule has 0 spiro atoms. The van der Waals surface area contributed by atoms with Crippen LogP contribution in [0.2, 0.25) is 5.02 Å². The highest BCUT2D eigenvalue weighted by atomic mass is 35.5. The van der Waals surface area contributed by atoms with Crippen molar-refractivity contribution < 1.29 is 42.8 Å². The number of ether oxygens (including phenoxy) is 5. The molecule has 2 N–H and O–H groups in total. The van der Waals surface area contributed by atoms with Crippen LogP contribution in [0.25, 0.3) is 11.1 Å². The van der Waals surface area contributed by atoms with Crippen molar-refractivity contribution in [2.75, 3.05) is 52.9 Å². The summed E-state index contributed by atoms with van der Waals surface area (Å²) in [6, 6.07) is 18.4. The summed E-state index contributed by atoms with van der Waals surface area (Å²) in [5.41, 5.74) is 1.91. The number of carbonyl (C=O) groups excluding carboxylic acids is 1. The smallest absolute Gasteiger partial charge is 0.326 e. The second-order valence-electron chi connectivity index (χ2n) is 10.9. The number of nitrogens with one attached hydrogen (secondary N) is 1. The van der Waals surface area contributed by atoms with Crippen molar-refractivity contribution in [3.05, 3.63) is 117 Å². The van der Waals surface area contributed by atoms with Crippen LogP contribution < -0.4 is 15.6 Å². The maximum Gasteiger partial charge on any atom is 0.326 e. The molecule has 4 aromatic rings. The van der Waals surface area contributed by atoms with Crippen molar-refractivity contribution in [2.45, 2.75) is 19.1 Å². The Bertz CT molecular complexity index is 1740. The van der Waals surface area contributed by atoms with Crippen molar-refractivity contribution in [3.63, 3.8) is 0 Å². The zero-order valence-corrected chi connectivity index (χ0v) is 28.3. The van der Waals surface area contributed by atoms with Crippen molar-refractivity contribution in [1.29, 1.82) is 0 Å². The Morgan fingerprint density at radius 2 is 1.48 bits per heavy atom. The van der Waals surface area contributed by atoms with Gasteiger partial charge in [-0.05, 0) is 34.9 Å². The van der Waals surface area contributed by atoms with Gasteiger partial charge in [-0.1, -0.05) is 66.2 Å². The summed E-state index contributed by atoms with van der Waals surface area (Å²) >= 11 is 5.99. The monoisotopic (exact) mass is 711 g/mol. The molecule has 0 bridgehead atoms. The topological polar surface area (TPSA) is 147 Å². The summed E-state index contributed by atoms with van der Waals surface area (Å²) in [5, 5.41) is 16.2. The average molecular weight is 712 g/mol. The lowest BCUT2D eigenvalue weighted by molar-refractivity contribution is -0.139. The number of nitrogens with zero attached hydrogens (tertiary/aromatic N) is 2. The minimum atomic E-state index is -1.32. The molecule has 4 rings (SSSR count). The Morgan fingerprint density at radius 1 is 0.860 bits per heavy atom. The van der Waals surface area contributed by atoms with Gasteiger partial charge in [-0.25, -0.2) is 13.9 Å².